The van der Waals surface area contributed by atoms with E-state index in [1.807, 2.05) is 6.07 Å². The number of phenols is 1. The molecule has 0 saturated heterocycles. The van der Waals surface area contributed by atoms with Gasteiger partial charge in [0.05, 0.1) is 0 Å². The molecule has 0 amide bonds. The predicted molar refractivity (Wildman–Crippen MR) is 78.0 cm³/mol. The molecule has 0 aliphatic heterocycles. The standard InChI is InChI=1S/C11H16.C6H6O/c1-9-6-5-7-10(8-9)11(2,3)4;7-6-4-2-1-3-5-6/h5-8H,1-4H3;1-5,7H. The quantitative estimate of drug-likeness (QED) is 0.711. The van der Waals surface area contributed by atoms with Crippen molar-refractivity contribution < 1.29 is 5.11 Å². The smallest absolute Gasteiger partial charge is 0.115 e. The molecule has 0 fully saturated rings. The number of para-hydroxylation sites is 1. The average molecular weight is 242 g/mol. The molecule has 0 saturated carbocycles. The zero-order valence-corrected chi connectivity index (χ0v) is 11.6. The van der Waals surface area contributed by atoms with Crippen molar-refractivity contribution in [3.8, 4) is 5.75 Å². The summed E-state index contributed by atoms with van der Waals surface area (Å²) in [6.07, 6.45) is 0. The first-order valence-corrected chi connectivity index (χ1v) is 6.21. The Morgan fingerprint density at radius 2 is 1.44 bits per heavy atom. The lowest BCUT2D eigenvalue weighted by molar-refractivity contribution is 0.475. The fourth-order valence-corrected chi connectivity index (χ4v) is 1.54. The highest BCUT2D eigenvalue weighted by atomic mass is 16.3. The van der Waals surface area contributed by atoms with Crippen LogP contribution in [0.5, 0.6) is 5.75 Å². The van der Waals surface area contributed by atoms with Crippen LogP contribution in [0.1, 0.15) is 31.9 Å². The fourth-order valence-electron chi connectivity index (χ4n) is 1.54. The Hall–Kier alpha value is -1.76. The van der Waals surface area contributed by atoms with Gasteiger partial charge in [-0.3, -0.25) is 0 Å². The third-order valence-electron chi connectivity index (χ3n) is 2.64. The Bertz CT molecular complexity index is 466. The summed E-state index contributed by atoms with van der Waals surface area (Å²) in [6, 6.07) is 17.4. The van der Waals surface area contributed by atoms with E-state index >= 15 is 0 Å². The third kappa shape index (κ3) is 5.05. The first-order chi connectivity index (χ1) is 8.39. The van der Waals surface area contributed by atoms with Gasteiger partial charge >= 0.3 is 0 Å². The van der Waals surface area contributed by atoms with Crippen LogP contribution in [0.25, 0.3) is 0 Å². The van der Waals surface area contributed by atoms with E-state index in [0.717, 1.165) is 0 Å². The van der Waals surface area contributed by atoms with E-state index < -0.39 is 0 Å². The Kier molecular flexibility index (Phi) is 4.96. The van der Waals surface area contributed by atoms with Crippen LogP contribution in [0.2, 0.25) is 0 Å². The second-order valence-electron chi connectivity index (χ2n) is 5.46. The van der Waals surface area contributed by atoms with E-state index in [0.29, 0.717) is 5.75 Å². The van der Waals surface area contributed by atoms with Crippen LogP contribution in [-0.4, -0.2) is 5.11 Å². The topological polar surface area (TPSA) is 20.2 Å². The molecule has 0 heterocycles. The lowest BCUT2D eigenvalue weighted by atomic mass is 9.86. The summed E-state index contributed by atoms with van der Waals surface area (Å²) < 4.78 is 0. The van der Waals surface area contributed by atoms with Crippen molar-refractivity contribution in [3.05, 3.63) is 65.7 Å². The minimum atomic E-state index is 0.284. The fraction of sp³-hybridized carbons (Fsp3) is 0.294. The van der Waals surface area contributed by atoms with Gasteiger partial charge in [0.25, 0.3) is 0 Å². The zero-order valence-electron chi connectivity index (χ0n) is 11.6. The molecule has 96 valence electrons. The van der Waals surface area contributed by atoms with Gasteiger partial charge in [-0.05, 0) is 30.0 Å². The second kappa shape index (κ2) is 6.25. The number of aromatic hydroxyl groups is 1. The highest BCUT2D eigenvalue weighted by Crippen LogP contribution is 2.22. The predicted octanol–water partition coefficient (Wildman–Crippen LogP) is 4.68. The molecule has 0 aliphatic carbocycles. The van der Waals surface area contributed by atoms with Gasteiger partial charge in [-0.2, -0.15) is 0 Å². The van der Waals surface area contributed by atoms with Crippen molar-refractivity contribution in [1.29, 1.82) is 0 Å². The summed E-state index contributed by atoms with van der Waals surface area (Å²) in [6.45, 7) is 8.85. The maximum absolute atomic E-state index is 8.63. The molecule has 18 heavy (non-hydrogen) atoms. The van der Waals surface area contributed by atoms with Crippen molar-refractivity contribution in [3.63, 3.8) is 0 Å². The molecular formula is C17H22O. The highest BCUT2D eigenvalue weighted by molar-refractivity contribution is 5.27. The van der Waals surface area contributed by atoms with Gasteiger partial charge in [-0.25, -0.2) is 0 Å². The highest BCUT2D eigenvalue weighted by Gasteiger charge is 2.12. The molecule has 0 radical (unpaired) electrons. The first-order valence-electron chi connectivity index (χ1n) is 6.21. The maximum atomic E-state index is 8.63. The number of phenolic OH excluding ortho intramolecular Hbond substituents is 1. The number of benzene rings is 2. The van der Waals surface area contributed by atoms with Gasteiger partial charge in [-0.15, -0.1) is 0 Å². The largest absolute Gasteiger partial charge is 0.508 e. The van der Waals surface area contributed by atoms with Gasteiger partial charge in [0.1, 0.15) is 5.75 Å². The van der Waals surface area contributed by atoms with E-state index in [1.165, 1.54) is 11.1 Å². The Labute approximate surface area is 110 Å². The lowest BCUT2D eigenvalue weighted by Crippen LogP contribution is -2.10. The Morgan fingerprint density at radius 1 is 0.833 bits per heavy atom. The molecule has 0 atom stereocenters. The zero-order chi connectivity index (χ0) is 13.6. The first kappa shape index (κ1) is 14.3. The summed E-state index contributed by atoms with van der Waals surface area (Å²) in [5.74, 6) is 0.322. The minimum Gasteiger partial charge on any atom is -0.508 e. The van der Waals surface area contributed by atoms with Crippen LogP contribution >= 0.6 is 0 Å². The van der Waals surface area contributed by atoms with Gasteiger partial charge in [0.15, 0.2) is 0 Å². The minimum absolute atomic E-state index is 0.284. The van der Waals surface area contributed by atoms with Crippen LogP contribution in [-0.2, 0) is 5.41 Å². The Balaban J connectivity index is 0.000000199. The van der Waals surface area contributed by atoms with E-state index in [1.54, 1.807) is 24.3 Å². The van der Waals surface area contributed by atoms with Crippen LogP contribution in [0, 0.1) is 6.92 Å². The van der Waals surface area contributed by atoms with Crippen LogP contribution in [0.15, 0.2) is 54.6 Å². The third-order valence-corrected chi connectivity index (χ3v) is 2.64. The van der Waals surface area contributed by atoms with Crippen LogP contribution < -0.4 is 0 Å². The summed E-state index contributed by atoms with van der Waals surface area (Å²) in [5, 5.41) is 8.63. The number of hydrogen-bond acceptors (Lipinski definition) is 1. The summed E-state index contributed by atoms with van der Waals surface area (Å²) in [7, 11) is 0. The molecule has 0 aromatic heterocycles. The number of aryl methyl sites for hydroxylation is 1. The van der Waals surface area contributed by atoms with E-state index in [2.05, 4.69) is 52.0 Å². The van der Waals surface area contributed by atoms with Crippen molar-refractivity contribution in [2.24, 2.45) is 0 Å². The Morgan fingerprint density at radius 3 is 1.78 bits per heavy atom. The van der Waals surface area contributed by atoms with Crippen LogP contribution in [0.3, 0.4) is 0 Å². The number of rotatable bonds is 0. The van der Waals surface area contributed by atoms with Crippen LogP contribution in [0.4, 0.5) is 0 Å². The van der Waals surface area contributed by atoms with Crippen molar-refractivity contribution in [2.75, 3.05) is 0 Å². The lowest BCUT2D eigenvalue weighted by Gasteiger charge is -2.19. The monoisotopic (exact) mass is 242 g/mol. The summed E-state index contributed by atoms with van der Waals surface area (Å²) >= 11 is 0. The molecule has 1 N–H and O–H groups in total. The molecule has 2 rings (SSSR count). The molecular weight excluding hydrogens is 220 g/mol. The maximum Gasteiger partial charge on any atom is 0.115 e. The molecule has 1 nitrogen and oxygen atoms in total. The molecule has 0 bridgehead atoms. The van der Waals surface area contributed by atoms with E-state index in [4.69, 9.17) is 5.11 Å². The molecule has 0 aliphatic rings. The molecule has 2 aromatic carbocycles. The van der Waals surface area contributed by atoms with E-state index in [9.17, 15) is 0 Å². The van der Waals surface area contributed by atoms with Gasteiger partial charge in [0, 0.05) is 0 Å². The van der Waals surface area contributed by atoms with Crippen molar-refractivity contribution in [1.82, 2.24) is 0 Å². The van der Waals surface area contributed by atoms with E-state index in [-0.39, 0.29) is 5.41 Å². The normalized spacial score (nSPS) is 10.4. The van der Waals surface area contributed by atoms with Gasteiger partial charge in [0.2, 0.25) is 0 Å². The average Bonchev–Trinajstić information content (AvgIpc) is 2.30. The SMILES string of the molecule is Cc1cccc(C(C)(C)C)c1.Oc1ccccc1. The molecule has 1 heteroatoms. The summed E-state index contributed by atoms with van der Waals surface area (Å²) in [5.41, 5.74) is 3.04. The number of hydrogen-bond donors (Lipinski definition) is 1. The van der Waals surface area contributed by atoms with Crippen molar-refractivity contribution >= 4 is 0 Å². The van der Waals surface area contributed by atoms with Gasteiger partial charge < -0.3 is 5.11 Å². The van der Waals surface area contributed by atoms with Crippen molar-refractivity contribution in [2.45, 2.75) is 33.1 Å². The molecule has 0 spiro atoms. The van der Waals surface area contributed by atoms with Gasteiger partial charge in [-0.1, -0.05) is 68.8 Å². The second-order valence-corrected chi connectivity index (χ2v) is 5.46. The summed E-state index contributed by atoms with van der Waals surface area (Å²) in [4.78, 5) is 0. The molecule has 2 aromatic rings. The molecule has 0 unspecified atom stereocenters.